The lowest BCUT2D eigenvalue weighted by molar-refractivity contribution is -0.134. The van der Waals surface area contributed by atoms with Gasteiger partial charge in [-0.25, -0.2) is 13.9 Å². The molecule has 1 fully saturated rings. The van der Waals surface area contributed by atoms with Gasteiger partial charge in [-0.2, -0.15) is 0 Å². The third kappa shape index (κ3) is 5.17. The Morgan fingerprint density at radius 2 is 1.49 bits per heavy atom. The maximum atomic E-state index is 13.3. The lowest BCUT2D eigenvalue weighted by Crippen LogP contribution is -2.54. The Kier molecular flexibility index (Phi) is 7.39. The van der Waals surface area contributed by atoms with Crippen LogP contribution in [-0.4, -0.2) is 49.2 Å². The molecule has 1 heterocycles. The molecule has 35 heavy (non-hydrogen) atoms. The average molecular weight is 498 g/mol. The highest BCUT2D eigenvalue weighted by Gasteiger charge is 2.52. The summed E-state index contributed by atoms with van der Waals surface area (Å²) in [5.41, 5.74) is 4.66. The first-order chi connectivity index (χ1) is 16.9. The van der Waals surface area contributed by atoms with Gasteiger partial charge in [0.1, 0.15) is 11.5 Å². The van der Waals surface area contributed by atoms with Gasteiger partial charge in [-0.05, 0) is 65.9 Å². The van der Waals surface area contributed by atoms with Crippen LogP contribution < -0.4 is 10.2 Å². The van der Waals surface area contributed by atoms with E-state index in [2.05, 4.69) is 0 Å². The van der Waals surface area contributed by atoms with Gasteiger partial charge in [0.05, 0.1) is 11.5 Å². The number of phenols is 1. The number of hydrogen-bond acceptors (Lipinski definition) is 7. The topological polar surface area (TPSA) is 122 Å². The van der Waals surface area contributed by atoms with Crippen LogP contribution >= 0.6 is 0 Å². The van der Waals surface area contributed by atoms with Crippen molar-refractivity contribution in [3.63, 3.8) is 0 Å². The van der Waals surface area contributed by atoms with E-state index < -0.39 is 20.5 Å². The number of rotatable bonds is 8. The zero-order valence-electron chi connectivity index (χ0n) is 19.0. The fourth-order valence-electron chi connectivity index (χ4n) is 4.17. The van der Waals surface area contributed by atoms with Crippen molar-refractivity contribution in [3.8, 4) is 22.6 Å². The van der Waals surface area contributed by atoms with Crippen molar-refractivity contribution in [1.29, 1.82) is 0 Å². The summed E-state index contributed by atoms with van der Waals surface area (Å²) in [6.45, 7) is 0.631. The molecule has 9 heteroatoms. The predicted octanol–water partition coefficient (Wildman–Crippen LogP) is 3.51. The molecule has 0 aliphatic carbocycles. The second kappa shape index (κ2) is 10.5. The molecule has 0 aromatic heterocycles. The van der Waals surface area contributed by atoms with Gasteiger partial charge in [-0.15, -0.1) is 0 Å². The normalized spacial score (nSPS) is 15.3. The largest absolute Gasteiger partial charge is 0.508 e. The minimum Gasteiger partial charge on any atom is -0.508 e. The second-order valence-electron chi connectivity index (χ2n) is 8.36. The number of ether oxygens (including phenoxy) is 2. The van der Waals surface area contributed by atoms with E-state index in [4.69, 9.17) is 14.7 Å². The summed E-state index contributed by atoms with van der Waals surface area (Å²) in [5, 5.41) is 18.6. The van der Waals surface area contributed by atoms with Crippen molar-refractivity contribution in [1.82, 2.24) is 5.48 Å². The summed E-state index contributed by atoms with van der Waals surface area (Å²) in [4.78, 5) is 12.3. The number of carbonyl (C=O) groups excluding carboxylic acids is 1. The molecule has 3 N–H and O–H groups in total. The number of aromatic hydroxyl groups is 1. The summed E-state index contributed by atoms with van der Waals surface area (Å²) < 4.78 is 35.8. The maximum absolute atomic E-state index is 13.3. The van der Waals surface area contributed by atoms with Crippen LogP contribution in [0.15, 0.2) is 77.7 Å². The number of carbonyl (C=O) groups is 1. The molecule has 1 saturated heterocycles. The molecule has 3 aromatic rings. The summed E-state index contributed by atoms with van der Waals surface area (Å²) in [7, 11) is -4.07. The molecule has 1 aliphatic rings. The molecule has 0 unspecified atom stereocenters. The number of hydrogen-bond donors (Lipinski definition) is 3. The number of sulfone groups is 1. The molecule has 3 aromatic carbocycles. The van der Waals surface area contributed by atoms with E-state index in [0.29, 0.717) is 18.8 Å². The summed E-state index contributed by atoms with van der Waals surface area (Å²) >= 11 is 0. The number of benzene rings is 3. The Hall–Kier alpha value is -3.40. The van der Waals surface area contributed by atoms with Crippen LogP contribution in [0.25, 0.3) is 11.1 Å². The van der Waals surface area contributed by atoms with Gasteiger partial charge in [0.15, 0.2) is 14.6 Å². The molecule has 4 rings (SSSR count). The first-order valence-corrected chi connectivity index (χ1v) is 12.7. The van der Waals surface area contributed by atoms with Crippen molar-refractivity contribution in [2.24, 2.45) is 0 Å². The summed E-state index contributed by atoms with van der Waals surface area (Å²) in [5.74, 6) is -0.207. The van der Waals surface area contributed by atoms with Crippen LogP contribution in [0.5, 0.6) is 11.5 Å². The molecular formula is C26H27NO7S. The molecule has 0 spiro atoms. The van der Waals surface area contributed by atoms with E-state index in [9.17, 15) is 18.3 Å². The van der Waals surface area contributed by atoms with Crippen molar-refractivity contribution in [3.05, 3.63) is 78.4 Å². The summed E-state index contributed by atoms with van der Waals surface area (Å²) in [6, 6.07) is 21.0. The molecule has 1 amide bonds. The predicted molar refractivity (Wildman–Crippen MR) is 129 cm³/mol. The molecule has 0 radical (unpaired) electrons. The third-order valence-electron chi connectivity index (χ3n) is 6.28. The molecule has 8 nitrogen and oxygen atoms in total. The smallest absolute Gasteiger partial charge is 0.265 e. The molecule has 0 saturated carbocycles. The standard InChI is InChI=1S/C26H27NO7S/c28-22-7-5-21(6-8-22)20-3-1-19(2-4-20)13-16-34-23-9-11-24(12-10-23)35(31,32)26(25(29)27-30)14-17-33-18-15-26/h1-12,28,30H,13-18H2,(H,27,29). The van der Waals surface area contributed by atoms with Crippen LogP contribution in [0.2, 0.25) is 0 Å². The number of phenolic OH excluding ortho intramolecular Hbond substituents is 1. The molecular weight excluding hydrogens is 470 g/mol. The number of nitrogens with one attached hydrogen (secondary N) is 1. The van der Waals surface area contributed by atoms with Crippen LogP contribution in [0.3, 0.4) is 0 Å². The zero-order chi connectivity index (χ0) is 24.9. The van der Waals surface area contributed by atoms with E-state index in [1.807, 2.05) is 36.4 Å². The highest BCUT2D eigenvalue weighted by molar-refractivity contribution is 7.93. The number of hydroxylamine groups is 1. The fraction of sp³-hybridized carbons (Fsp3) is 0.269. The Labute approximate surface area is 204 Å². The first-order valence-electron chi connectivity index (χ1n) is 11.2. The fourth-order valence-corrected chi connectivity index (χ4v) is 6.11. The van der Waals surface area contributed by atoms with Gasteiger partial charge in [0, 0.05) is 19.6 Å². The van der Waals surface area contributed by atoms with E-state index in [0.717, 1.165) is 16.7 Å². The van der Waals surface area contributed by atoms with Crippen LogP contribution in [0.1, 0.15) is 18.4 Å². The zero-order valence-corrected chi connectivity index (χ0v) is 19.8. The Balaban J connectivity index is 1.38. The minimum atomic E-state index is -4.07. The van der Waals surface area contributed by atoms with Crippen molar-refractivity contribution < 1.29 is 33.0 Å². The van der Waals surface area contributed by atoms with Gasteiger partial charge in [-0.3, -0.25) is 10.0 Å². The number of amides is 1. The highest BCUT2D eigenvalue weighted by atomic mass is 32.2. The molecule has 1 aliphatic heterocycles. The van der Waals surface area contributed by atoms with E-state index in [-0.39, 0.29) is 36.7 Å². The second-order valence-corrected chi connectivity index (χ2v) is 10.6. The maximum Gasteiger partial charge on any atom is 0.265 e. The van der Waals surface area contributed by atoms with E-state index in [1.165, 1.54) is 17.6 Å². The molecule has 0 atom stereocenters. The SMILES string of the molecule is O=C(NO)C1(S(=O)(=O)c2ccc(OCCc3ccc(-c4ccc(O)cc4)cc3)cc2)CCOCC1. The van der Waals surface area contributed by atoms with E-state index in [1.54, 1.807) is 24.3 Å². The third-order valence-corrected chi connectivity index (χ3v) is 8.79. The minimum absolute atomic E-state index is 0.0137. The summed E-state index contributed by atoms with van der Waals surface area (Å²) in [6.07, 6.45) is 0.590. The average Bonchev–Trinajstić information content (AvgIpc) is 2.90. The van der Waals surface area contributed by atoms with Gasteiger partial charge < -0.3 is 14.6 Å². The highest BCUT2D eigenvalue weighted by Crippen LogP contribution is 2.35. The van der Waals surface area contributed by atoms with Gasteiger partial charge in [0.25, 0.3) is 5.91 Å². The van der Waals surface area contributed by atoms with E-state index >= 15 is 0 Å². The molecule has 184 valence electrons. The Morgan fingerprint density at radius 1 is 0.914 bits per heavy atom. The lowest BCUT2D eigenvalue weighted by atomic mass is 9.98. The van der Waals surface area contributed by atoms with Crippen molar-refractivity contribution >= 4 is 15.7 Å². The van der Waals surface area contributed by atoms with Crippen molar-refractivity contribution in [2.45, 2.75) is 28.9 Å². The quantitative estimate of drug-likeness (QED) is 0.322. The van der Waals surface area contributed by atoms with Crippen LogP contribution in [0, 0.1) is 0 Å². The molecule has 0 bridgehead atoms. The van der Waals surface area contributed by atoms with Crippen LogP contribution in [-0.2, 0) is 25.8 Å². The van der Waals surface area contributed by atoms with Crippen molar-refractivity contribution in [2.75, 3.05) is 19.8 Å². The Morgan fingerprint density at radius 3 is 2.06 bits per heavy atom. The van der Waals surface area contributed by atoms with Gasteiger partial charge >= 0.3 is 0 Å². The first kappa shape index (κ1) is 24.7. The van der Waals surface area contributed by atoms with Gasteiger partial charge in [-0.1, -0.05) is 36.4 Å². The monoisotopic (exact) mass is 497 g/mol. The lowest BCUT2D eigenvalue weighted by Gasteiger charge is -2.34. The van der Waals surface area contributed by atoms with Gasteiger partial charge in [0.2, 0.25) is 0 Å². The Bertz CT molecular complexity index is 1250. The van der Waals surface area contributed by atoms with Crippen LogP contribution in [0.4, 0.5) is 0 Å².